The van der Waals surface area contributed by atoms with E-state index in [-0.39, 0.29) is 27.9 Å². The standard InChI is InChI=1S/C20H21NO6S/c1-13-11-15(21-10-4-5-20(21)23)6-9-19(13)28(24,25)27-18-12-16(26-3)7-8-17(18)14(2)22/h6-9,11-12H,4-5,10H2,1-3H3. The van der Waals surface area contributed by atoms with Crippen LogP contribution in [0.25, 0.3) is 0 Å². The normalized spacial score (nSPS) is 14.2. The van der Waals surface area contributed by atoms with E-state index >= 15 is 0 Å². The van der Waals surface area contributed by atoms with Crippen molar-refractivity contribution in [2.75, 3.05) is 18.6 Å². The van der Waals surface area contributed by atoms with Gasteiger partial charge in [0.1, 0.15) is 10.6 Å². The highest BCUT2D eigenvalue weighted by atomic mass is 32.2. The molecule has 1 heterocycles. The SMILES string of the molecule is COc1ccc(C(C)=O)c(OS(=O)(=O)c2ccc(N3CCCC3=O)cc2C)c1. The Hall–Kier alpha value is -2.87. The van der Waals surface area contributed by atoms with Gasteiger partial charge >= 0.3 is 10.1 Å². The van der Waals surface area contributed by atoms with Crippen LogP contribution in [-0.4, -0.2) is 33.8 Å². The third-order valence-corrected chi connectivity index (χ3v) is 5.98. The summed E-state index contributed by atoms with van der Waals surface area (Å²) in [7, 11) is -2.76. The average molecular weight is 403 g/mol. The zero-order valence-corrected chi connectivity index (χ0v) is 16.7. The Morgan fingerprint density at radius 1 is 1.14 bits per heavy atom. The van der Waals surface area contributed by atoms with Gasteiger partial charge < -0.3 is 13.8 Å². The minimum atomic E-state index is -4.19. The lowest BCUT2D eigenvalue weighted by Crippen LogP contribution is -2.24. The fraction of sp³-hybridized carbons (Fsp3) is 0.300. The number of benzene rings is 2. The fourth-order valence-corrected chi connectivity index (χ4v) is 4.31. The molecule has 0 saturated carbocycles. The third-order valence-electron chi connectivity index (χ3n) is 4.58. The fourth-order valence-electron chi connectivity index (χ4n) is 3.16. The van der Waals surface area contributed by atoms with Crippen molar-refractivity contribution in [2.24, 2.45) is 0 Å². The van der Waals surface area contributed by atoms with E-state index < -0.39 is 10.1 Å². The van der Waals surface area contributed by atoms with Crippen LogP contribution in [-0.2, 0) is 14.9 Å². The lowest BCUT2D eigenvalue weighted by molar-refractivity contribution is -0.117. The van der Waals surface area contributed by atoms with Crippen LogP contribution in [0.2, 0.25) is 0 Å². The number of amides is 1. The van der Waals surface area contributed by atoms with Crippen molar-refractivity contribution in [3.8, 4) is 11.5 Å². The number of Topliss-reactive ketones (excluding diaryl/α,β-unsaturated/α-hetero) is 1. The summed E-state index contributed by atoms with van der Waals surface area (Å²) in [5.41, 5.74) is 1.25. The molecule has 8 heteroatoms. The molecule has 1 aliphatic heterocycles. The van der Waals surface area contributed by atoms with E-state index in [9.17, 15) is 18.0 Å². The van der Waals surface area contributed by atoms with E-state index in [1.807, 2.05) is 0 Å². The Morgan fingerprint density at radius 3 is 2.46 bits per heavy atom. The second-order valence-electron chi connectivity index (χ2n) is 6.55. The van der Waals surface area contributed by atoms with Gasteiger partial charge in [0.05, 0.1) is 12.7 Å². The minimum absolute atomic E-state index is 0.0220. The highest BCUT2D eigenvalue weighted by Crippen LogP contribution is 2.31. The van der Waals surface area contributed by atoms with Crippen molar-refractivity contribution in [3.05, 3.63) is 47.5 Å². The van der Waals surface area contributed by atoms with Gasteiger partial charge in [-0.25, -0.2) is 0 Å². The van der Waals surface area contributed by atoms with Crippen LogP contribution in [0.3, 0.4) is 0 Å². The van der Waals surface area contributed by atoms with Crippen molar-refractivity contribution in [1.29, 1.82) is 0 Å². The number of hydrogen-bond donors (Lipinski definition) is 0. The quantitative estimate of drug-likeness (QED) is 0.544. The minimum Gasteiger partial charge on any atom is -0.497 e. The number of carbonyl (C=O) groups excluding carboxylic acids is 2. The maximum Gasteiger partial charge on any atom is 0.339 e. The summed E-state index contributed by atoms with van der Waals surface area (Å²) in [5.74, 6) is -0.0268. The maximum atomic E-state index is 12.8. The van der Waals surface area contributed by atoms with E-state index in [2.05, 4.69) is 0 Å². The first-order valence-electron chi connectivity index (χ1n) is 8.77. The smallest absolute Gasteiger partial charge is 0.339 e. The van der Waals surface area contributed by atoms with Crippen LogP contribution in [0, 0.1) is 6.92 Å². The van der Waals surface area contributed by atoms with Crippen LogP contribution in [0.5, 0.6) is 11.5 Å². The van der Waals surface area contributed by atoms with Crippen LogP contribution in [0.4, 0.5) is 5.69 Å². The second kappa shape index (κ2) is 7.63. The number of aryl methyl sites for hydroxylation is 1. The molecule has 148 valence electrons. The molecule has 0 atom stereocenters. The summed E-state index contributed by atoms with van der Waals surface area (Å²) in [5, 5.41) is 0. The Bertz CT molecular complexity index is 1040. The monoisotopic (exact) mass is 403 g/mol. The van der Waals surface area contributed by atoms with E-state index in [4.69, 9.17) is 8.92 Å². The predicted octanol–water partition coefficient (Wildman–Crippen LogP) is 3.10. The highest BCUT2D eigenvalue weighted by molar-refractivity contribution is 7.87. The van der Waals surface area contributed by atoms with Crippen LogP contribution in [0.15, 0.2) is 41.3 Å². The molecule has 0 radical (unpaired) electrons. The van der Waals surface area contributed by atoms with Gasteiger partial charge in [-0.1, -0.05) is 0 Å². The number of nitrogens with zero attached hydrogens (tertiary/aromatic N) is 1. The van der Waals surface area contributed by atoms with E-state index in [0.717, 1.165) is 6.42 Å². The molecule has 2 aromatic carbocycles. The van der Waals surface area contributed by atoms with Gasteiger partial charge in [0.15, 0.2) is 11.5 Å². The number of anilines is 1. The van der Waals surface area contributed by atoms with Crippen molar-refractivity contribution < 1.29 is 26.9 Å². The lowest BCUT2D eigenvalue weighted by atomic mass is 10.1. The van der Waals surface area contributed by atoms with Crippen molar-refractivity contribution in [2.45, 2.75) is 31.6 Å². The van der Waals surface area contributed by atoms with Crippen molar-refractivity contribution in [3.63, 3.8) is 0 Å². The summed E-state index contributed by atoms with van der Waals surface area (Å²) in [6.45, 7) is 3.58. The molecular weight excluding hydrogens is 382 g/mol. The molecule has 1 saturated heterocycles. The van der Waals surface area contributed by atoms with Crippen LogP contribution < -0.4 is 13.8 Å². The zero-order chi connectivity index (χ0) is 20.5. The number of ketones is 1. The van der Waals surface area contributed by atoms with Gasteiger partial charge in [-0.2, -0.15) is 8.42 Å². The number of carbonyl (C=O) groups is 2. The Balaban J connectivity index is 1.96. The van der Waals surface area contributed by atoms with Gasteiger partial charge in [0.2, 0.25) is 5.91 Å². The largest absolute Gasteiger partial charge is 0.497 e. The summed E-state index contributed by atoms with van der Waals surface area (Å²) in [6.07, 6.45) is 1.27. The first kappa shape index (κ1) is 19.9. The molecule has 2 aromatic rings. The molecule has 1 amide bonds. The molecule has 28 heavy (non-hydrogen) atoms. The van der Waals surface area contributed by atoms with E-state index in [1.54, 1.807) is 30.0 Å². The van der Waals surface area contributed by atoms with E-state index in [0.29, 0.717) is 30.0 Å². The maximum absolute atomic E-state index is 12.8. The molecule has 0 aromatic heterocycles. The molecule has 0 bridgehead atoms. The first-order chi connectivity index (χ1) is 13.2. The lowest BCUT2D eigenvalue weighted by Gasteiger charge is -2.18. The molecular formula is C20H21NO6S. The van der Waals surface area contributed by atoms with Crippen LogP contribution >= 0.6 is 0 Å². The summed E-state index contributed by atoms with van der Waals surface area (Å²) in [4.78, 5) is 25.3. The molecule has 0 unspecified atom stereocenters. The topological polar surface area (TPSA) is 90.0 Å². The van der Waals surface area contributed by atoms with E-state index in [1.165, 1.54) is 32.2 Å². The molecule has 1 fully saturated rings. The van der Waals surface area contributed by atoms with Gasteiger partial charge in [0, 0.05) is 24.7 Å². The Kier molecular flexibility index (Phi) is 5.42. The first-order valence-corrected chi connectivity index (χ1v) is 10.2. The molecule has 0 spiro atoms. The van der Waals surface area contributed by atoms with Crippen molar-refractivity contribution in [1.82, 2.24) is 0 Å². The number of methoxy groups -OCH3 is 1. The second-order valence-corrected chi connectivity index (χ2v) is 8.07. The Labute approximate surface area is 164 Å². The third kappa shape index (κ3) is 3.87. The number of hydrogen-bond acceptors (Lipinski definition) is 6. The van der Waals surface area contributed by atoms with Crippen LogP contribution in [0.1, 0.15) is 35.7 Å². The molecule has 0 aliphatic carbocycles. The number of ether oxygens (including phenoxy) is 1. The van der Waals surface area contributed by atoms with Gasteiger partial charge in [0.25, 0.3) is 0 Å². The molecule has 3 rings (SSSR count). The predicted molar refractivity (Wildman–Crippen MR) is 104 cm³/mol. The Morgan fingerprint density at radius 2 is 1.89 bits per heavy atom. The van der Waals surface area contributed by atoms with Gasteiger partial charge in [-0.3, -0.25) is 9.59 Å². The summed E-state index contributed by atoms with van der Waals surface area (Å²) in [6, 6.07) is 9.03. The zero-order valence-electron chi connectivity index (χ0n) is 15.9. The molecule has 1 aliphatic rings. The highest BCUT2D eigenvalue weighted by Gasteiger charge is 2.26. The van der Waals surface area contributed by atoms with Crippen molar-refractivity contribution >= 4 is 27.5 Å². The summed E-state index contributed by atoms with van der Waals surface area (Å²) >= 11 is 0. The van der Waals surface area contributed by atoms with Gasteiger partial charge in [-0.05, 0) is 56.2 Å². The number of rotatable bonds is 6. The van der Waals surface area contributed by atoms with Gasteiger partial charge in [-0.15, -0.1) is 0 Å². The summed E-state index contributed by atoms with van der Waals surface area (Å²) < 4.78 is 36.1. The molecule has 7 nitrogen and oxygen atoms in total. The average Bonchev–Trinajstić information content (AvgIpc) is 3.06. The molecule has 0 N–H and O–H groups in total.